The molecular formula is C20H33NO5. The second-order valence-corrected chi connectivity index (χ2v) is 9.17. The third kappa shape index (κ3) is 2.56. The lowest BCUT2D eigenvalue weighted by Crippen LogP contribution is -2.54. The van der Waals surface area contributed by atoms with Crippen molar-refractivity contribution < 1.29 is 23.7 Å². The van der Waals surface area contributed by atoms with Crippen molar-refractivity contribution in [1.82, 2.24) is 4.90 Å². The van der Waals surface area contributed by atoms with Gasteiger partial charge in [0.2, 0.25) is 0 Å². The molecule has 7 atom stereocenters. The van der Waals surface area contributed by atoms with Gasteiger partial charge in [0, 0.05) is 38.6 Å². The normalized spacial score (nSPS) is 46.7. The number of methoxy groups -OCH3 is 2. The van der Waals surface area contributed by atoms with Crippen LogP contribution in [0.1, 0.15) is 39.5 Å². The number of carbonyl (C=O) groups is 1. The highest BCUT2D eigenvalue weighted by atomic mass is 16.7. The summed E-state index contributed by atoms with van der Waals surface area (Å²) < 4.78 is 22.9. The maximum Gasteiger partial charge on any atom is 0.311 e. The zero-order valence-corrected chi connectivity index (χ0v) is 16.7. The summed E-state index contributed by atoms with van der Waals surface area (Å²) in [7, 11) is 5.28. The Morgan fingerprint density at radius 1 is 1.35 bits per heavy atom. The fourth-order valence-electron chi connectivity index (χ4n) is 6.35. The maximum atomic E-state index is 12.7. The Balaban J connectivity index is 1.51. The number of likely N-dealkylation sites (N-methyl/N-ethyl adjacent to an activating group) is 1. The van der Waals surface area contributed by atoms with Gasteiger partial charge in [0.15, 0.2) is 6.29 Å². The lowest BCUT2D eigenvalue weighted by molar-refractivity contribution is -0.147. The monoisotopic (exact) mass is 367 g/mol. The van der Waals surface area contributed by atoms with E-state index in [-0.39, 0.29) is 47.3 Å². The Morgan fingerprint density at radius 2 is 2.08 bits per heavy atom. The second-order valence-electron chi connectivity index (χ2n) is 9.17. The molecule has 0 aromatic carbocycles. The van der Waals surface area contributed by atoms with E-state index in [0.717, 1.165) is 6.42 Å². The van der Waals surface area contributed by atoms with E-state index in [0.29, 0.717) is 19.0 Å². The van der Waals surface area contributed by atoms with E-state index in [1.54, 1.807) is 14.2 Å². The molecular weight excluding hydrogens is 334 g/mol. The molecule has 1 spiro atoms. The molecule has 2 saturated heterocycles. The highest BCUT2D eigenvalue weighted by molar-refractivity contribution is 5.76. The van der Waals surface area contributed by atoms with Crippen molar-refractivity contribution in [3.05, 3.63) is 0 Å². The molecule has 2 heterocycles. The summed E-state index contributed by atoms with van der Waals surface area (Å²) in [6.07, 6.45) is 4.51. The van der Waals surface area contributed by atoms with E-state index in [2.05, 4.69) is 18.7 Å². The van der Waals surface area contributed by atoms with Gasteiger partial charge in [-0.15, -0.1) is 0 Å². The standard InChI is InChI=1S/C20H33NO5/c1-12-7-6-8-19(2)9-14-16(17-20(12,19)26-17)13(18(22)25-14)10-21(3)11-15(23-4)24-5/h12-17H,6-11H2,1-5H3/t12-,13+,14+,16+,17-,19+,20-/m0/s1. The van der Waals surface area contributed by atoms with Gasteiger partial charge in [-0.1, -0.05) is 20.3 Å². The SMILES string of the molecule is COC(CN(C)C[C@H]1C(=O)O[C@@H]2C[C@@]3(C)CCC[C@H](C)[C@@]34O[C@H]4[C@@H]21)OC. The molecule has 6 heteroatoms. The molecule has 148 valence electrons. The molecule has 2 aliphatic heterocycles. The predicted molar refractivity (Wildman–Crippen MR) is 95.5 cm³/mol. The van der Waals surface area contributed by atoms with Crippen molar-refractivity contribution in [1.29, 1.82) is 0 Å². The van der Waals surface area contributed by atoms with Crippen molar-refractivity contribution >= 4 is 5.97 Å². The molecule has 0 N–H and O–H groups in total. The van der Waals surface area contributed by atoms with E-state index < -0.39 is 0 Å². The number of esters is 1. The van der Waals surface area contributed by atoms with Gasteiger partial charge < -0.3 is 23.8 Å². The average molecular weight is 367 g/mol. The first-order chi connectivity index (χ1) is 12.4. The summed E-state index contributed by atoms with van der Waals surface area (Å²) in [5.74, 6) is 0.566. The summed E-state index contributed by atoms with van der Waals surface area (Å²) >= 11 is 0. The van der Waals surface area contributed by atoms with E-state index in [1.807, 2.05) is 7.05 Å². The van der Waals surface area contributed by atoms with Crippen molar-refractivity contribution in [3.8, 4) is 0 Å². The molecule has 4 rings (SSSR count). The summed E-state index contributed by atoms with van der Waals surface area (Å²) in [4.78, 5) is 14.8. The molecule has 0 unspecified atom stereocenters. The molecule has 4 aliphatic rings. The number of carbonyl (C=O) groups excluding carboxylic acids is 1. The van der Waals surface area contributed by atoms with Gasteiger partial charge in [-0.25, -0.2) is 0 Å². The quantitative estimate of drug-likeness (QED) is 0.407. The number of hydrogen-bond donors (Lipinski definition) is 0. The zero-order valence-electron chi connectivity index (χ0n) is 16.7. The minimum absolute atomic E-state index is 0.0115. The van der Waals surface area contributed by atoms with Crippen molar-refractivity contribution in [3.63, 3.8) is 0 Å². The first-order valence-electron chi connectivity index (χ1n) is 9.98. The Morgan fingerprint density at radius 3 is 2.77 bits per heavy atom. The highest BCUT2D eigenvalue weighted by Gasteiger charge is 2.78. The van der Waals surface area contributed by atoms with E-state index in [1.165, 1.54) is 19.3 Å². The topological polar surface area (TPSA) is 60.5 Å². The van der Waals surface area contributed by atoms with Crippen LogP contribution in [-0.2, 0) is 23.7 Å². The zero-order chi connectivity index (χ0) is 18.7. The summed E-state index contributed by atoms with van der Waals surface area (Å²) in [5, 5.41) is 0. The summed E-state index contributed by atoms with van der Waals surface area (Å²) in [6, 6.07) is 0. The molecule has 6 nitrogen and oxygen atoms in total. The predicted octanol–water partition coefficient (Wildman–Crippen LogP) is 2.06. The summed E-state index contributed by atoms with van der Waals surface area (Å²) in [5.41, 5.74) is 0.119. The maximum absolute atomic E-state index is 12.7. The number of fused-ring (bicyclic) bond motifs is 2. The lowest BCUT2D eigenvalue weighted by Gasteiger charge is -2.49. The van der Waals surface area contributed by atoms with Gasteiger partial charge in [-0.3, -0.25) is 4.79 Å². The molecule has 26 heavy (non-hydrogen) atoms. The molecule has 2 saturated carbocycles. The van der Waals surface area contributed by atoms with Crippen molar-refractivity contribution in [2.24, 2.45) is 23.2 Å². The van der Waals surface area contributed by atoms with Crippen LogP contribution >= 0.6 is 0 Å². The fourth-order valence-corrected chi connectivity index (χ4v) is 6.35. The molecule has 0 aromatic rings. The van der Waals surface area contributed by atoms with Gasteiger partial charge in [0.05, 0.1) is 12.0 Å². The molecule has 0 amide bonds. The largest absolute Gasteiger partial charge is 0.462 e. The molecule has 2 aliphatic carbocycles. The minimum atomic E-state index is -0.287. The fraction of sp³-hybridized carbons (Fsp3) is 0.950. The number of nitrogens with zero attached hydrogens (tertiary/aromatic N) is 1. The molecule has 4 fully saturated rings. The Labute approximate surface area is 156 Å². The van der Waals surface area contributed by atoms with E-state index in [9.17, 15) is 4.79 Å². The number of epoxide rings is 1. The average Bonchev–Trinajstić information content (AvgIpc) is 3.28. The Kier molecular flexibility index (Phi) is 4.62. The van der Waals surface area contributed by atoms with Crippen LogP contribution < -0.4 is 0 Å². The first kappa shape index (κ1) is 18.7. The number of hydrogen-bond acceptors (Lipinski definition) is 6. The third-order valence-corrected chi connectivity index (χ3v) is 7.69. The smallest absolute Gasteiger partial charge is 0.311 e. The Hall–Kier alpha value is -0.690. The van der Waals surface area contributed by atoms with Crippen LogP contribution in [0.4, 0.5) is 0 Å². The van der Waals surface area contributed by atoms with Gasteiger partial charge in [0.25, 0.3) is 0 Å². The summed E-state index contributed by atoms with van der Waals surface area (Å²) in [6.45, 7) is 5.97. The number of ether oxygens (including phenoxy) is 4. The van der Waals surface area contributed by atoms with Gasteiger partial charge >= 0.3 is 5.97 Å². The van der Waals surface area contributed by atoms with Crippen LogP contribution in [0, 0.1) is 23.2 Å². The van der Waals surface area contributed by atoms with Gasteiger partial charge in [-0.05, 0) is 32.2 Å². The molecule has 0 aromatic heterocycles. The van der Waals surface area contributed by atoms with Crippen LogP contribution in [0.3, 0.4) is 0 Å². The number of rotatable bonds is 6. The molecule has 0 bridgehead atoms. The minimum Gasteiger partial charge on any atom is -0.462 e. The first-order valence-corrected chi connectivity index (χ1v) is 9.98. The lowest BCUT2D eigenvalue weighted by atomic mass is 9.53. The highest BCUT2D eigenvalue weighted by Crippen LogP contribution is 2.70. The van der Waals surface area contributed by atoms with Gasteiger partial charge in [0.1, 0.15) is 11.7 Å². The van der Waals surface area contributed by atoms with Crippen LogP contribution in [0.2, 0.25) is 0 Å². The van der Waals surface area contributed by atoms with Crippen molar-refractivity contribution in [2.45, 2.75) is 63.6 Å². The van der Waals surface area contributed by atoms with E-state index >= 15 is 0 Å². The van der Waals surface area contributed by atoms with Gasteiger partial charge in [-0.2, -0.15) is 0 Å². The Bertz CT molecular complexity index is 566. The van der Waals surface area contributed by atoms with Crippen LogP contribution in [0.25, 0.3) is 0 Å². The van der Waals surface area contributed by atoms with Crippen LogP contribution in [0.15, 0.2) is 0 Å². The van der Waals surface area contributed by atoms with E-state index in [4.69, 9.17) is 18.9 Å². The van der Waals surface area contributed by atoms with Crippen LogP contribution in [-0.4, -0.2) is 69.3 Å². The third-order valence-electron chi connectivity index (χ3n) is 7.69. The molecule has 0 radical (unpaired) electrons. The van der Waals surface area contributed by atoms with Crippen molar-refractivity contribution in [2.75, 3.05) is 34.4 Å². The second kappa shape index (κ2) is 6.43. The van der Waals surface area contributed by atoms with Crippen LogP contribution in [0.5, 0.6) is 0 Å².